The van der Waals surface area contributed by atoms with Crippen molar-refractivity contribution in [1.82, 2.24) is 4.90 Å². The largest absolute Gasteiger partial charge is 0.464 e. The summed E-state index contributed by atoms with van der Waals surface area (Å²) in [6.45, 7) is 4.91. The second kappa shape index (κ2) is 10.4. The molecule has 5 nitrogen and oxygen atoms in total. The first-order chi connectivity index (χ1) is 8.36. The van der Waals surface area contributed by atoms with Gasteiger partial charge in [-0.15, -0.1) is 12.4 Å². The molecule has 0 aromatic rings. The number of hydrogen-bond donors (Lipinski definition) is 0. The van der Waals surface area contributed by atoms with Crippen molar-refractivity contribution < 1.29 is 19.7 Å². The van der Waals surface area contributed by atoms with Crippen LogP contribution in [0.2, 0.25) is 0 Å². The number of rotatable bonds is 4. The van der Waals surface area contributed by atoms with Crippen LogP contribution in [0.1, 0.15) is 32.1 Å². The Kier molecular flexibility index (Phi) is 10.2. The molecule has 2 N–H and O–H groups in total. The lowest BCUT2D eigenvalue weighted by atomic mass is 9.89. The SMILES string of the molecule is Cl.O.O=C(OCCN1CCOCC1)C1CCCCC1. The Balaban J connectivity index is 0.00000162. The Bertz CT molecular complexity index is 241. The van der Waals surface area contributed by atoms with Gasteiger partial charge in [-0.25, -0.2) is 0 Å². The number of nitrogens with zero attached hydrogens (tertiary/aromatic N) is 1. The Labute approximate surface area is 121 Å². The fourth-order valence-electron chi connectivity index (χ4n) is 2.56. The number of ether oxygens (including phenoxy) is 2. The third-order valence-electron chi connectivity index (χ3n) is 3.69. The van der Waals surface area contributed by atoms with Gasteiger partial charge in [-0.3, -0.25) is 9.69 Å². The van der Waals surface area contributed by atoms with Gasteiger partial charge >= 0.3 is 5.97 Å². The van der Waals surface area contributed by atoms with Gasteiger partial charge in [0, 0.05) is 19.6 Å². The van der Waals surface area contributed by atoms with Crippen LogP contribution in [0, 0.1) is 5.92 Å². The monoisotopic (exact) mass is 295 g/mol. The molecular formula is C13H26ClNO4. The minimum atomic E-state index is 0. The van der Waals surface area contributed by atoms with Crippen LogP contribution >= 0.6 is 12.4 Å². The number of hydrogen-bond acceptors (Lipinski definition) is 4. The minimum absolute atomic E-state index is 0. The summed E-state index contributed by atoms with van der Waals surface area (Å²) >= 11 is 0. The van der Waals surface area contributed by atoms with E-state index in [-0.39, 0.29) is 29.8 Å². The summed E-state index contributed by atoms with van der Waals surface area (Å²) in [6.07, 6.45) is 5.69. The molecule has 1 heterocycles. The van der Waals surface area contributed by atoms with Gasteiger partial charge in [0.05, 0.1) is 19.1 Å². The highest BCUT2D eigenvalue weighted by Crippen LogP contribution is 2.24. The summed E-state index contributed by atoms with van der Waals surface area (Å²) in [6, 6.07) is 0. The molecule has 0 spiro atoms. The summed E-state index contributed by atoms with van der Waals surface area (Å²) in [4.78, 5) is 14.1. The second-order valence-electron chi connectivity index (χ2n) is 4.96. The molecule has 2 fully saturated rings. The van der Waals surface area contributed by atoms with Gasteiger partial charge in [-0.05, 0) is 12.8 Å². The summed E-state index contributed by atoms with van der Waals surface area (Å²) in [5, 5.41) is 0. The molecule has 2 aliphatic rings. The van der Waals surface area contributed by atoms with E-state index in [1.165, 1.54) is 19.3 Å². The lowest BCUT2D eigenvalue weighted by Gasteiger charge is -2.26. The summed E-state index contributed by atoms with van der Waals surface area (Å²) in [5.41, 5.74) is 0. The number of carbonyl (C=O) groups is 1. The molecule has 2 rings (SSSR count). The Morgan fingerprint density at radius 1 is 1.16 bits per heavy atom. The predicted octanol–water partition coefficient (Wildman–Crippen LogP) is 1.04. The zero-order valence-electron chi connectivity index (χ0n) is 11.4. The predicted molar refractivity (Wildman–Crippen MR) is 75.7 cm³/mol. The van der Waals surface area contributed by atoms with Crippen molar-refractivity contribution in [2.75, 3.05) is 39.5 Å². The van der Waals surface area contributed by atoms with Crippen LogP contribution in [0.4, 0.5) is 0 Å². The first-order valence-corrected chi connectivity index (χ1v) is 6.83. The van der Waals surface area contributed by atoms with Gasteiger partial charge in [-0.1, -0.05) is 19.3 Å². The first-order valence-electron chi connectivity index (χ1n) is 6.83. The van der Waals surface area contributed by atoms with Crippen molar-refractivity contribution in [2.45, 2.75) is 32.1 Å². The van der Waals surface area contributed by atoms with Crippen LogP contribution < -0.4 is 0 Å². The third-order valence-corrected chi connectivity index (χ3v) is 3.69. The Morgan fingerprint density at radius 3 is 2.42 bits per heavy atom. The zero-order valence-corrected chi connectivity index (χ0v) is 12.3. The molecule has 0 amide bonds. The van der Waals surface area contributed by atoms with Gasteiger partial charge in [0.25, 0.3) is 0 Å². The molecule has 6 heteroatoms. The lowest BCUT2D eigenvalue weighted by Crippen LogP contribution is -2.38. The van der Waals surface area contributed by atoms with Crippen molar-refractivity contribution in [3.8, 4) is 0 Å². The maximum absolute atomic E-state index is 11.8. The molecule has 1 saturated carbocycles. The van der Waals surface area contributed by atoms with E-state index in [2.05, 4.69) is 4.90 Å². The average molecular weight is 296 g/mol. The summed E-state index contributed by atoms with van der Waals surface area (Å²) in [5.74, 6) is 0.200. The van der Waals surface area contributed by atoms with E-state index in [0.29, 0.717) is 6.61 Å². The molecular weight excluding hydrogens is 270 g/mol. The maximum atomic E-state index is 11.8. The highest BCUT2D eigenvalue weighted by molar-refractivity contribution is 5.85. The van der Waals surface area contributed by atoms with Crippen LogP contribution in [0.15, 0.2) is 0 Å². The van der Waals surface area contributed by atoms with Crippen LogP contribution in [0.5, 0.6) is 0 Å². The van der Waals surface area contributed by atoms with E-state index in [9.17, 15) is 4.79 Å². The molecule has 19 heavy (non-hydrogen) atoms. The van der Waals surface area contributed by atoms with Crippen molar-refractivity contribution in [1.29, 1.82) is 0 Å². The lowest BCUT2D eigenvalue weighted by molar-refractivity contribution is -0.150. The molecule has 0 aromatic carbocycles. The smallest absolute Gasteiger partial charge is 0.308 e. The van der Waals surface area contributed by atoms with E-state index >= 15 is 0 Å². The average Bonchev–Trinajstić information content (AvgIpc) is 2.41. The van der Waals surface area contributed by atoms with E-state index in [1.807, 2.05) is 0 Å². The number of carbonyl (C=O) groups excluding carboxylic acids is 1. The van der Waals surface area contributed by atoms with Gasteiger partial charge in [0.2, 0.25) is 0 Å². The minimum Gasteiger partial charge on any atom is -0.464 e. The Hall–Kier alpha value is -0.360. The van der Waals surface area contributed by atoms with Gasteiger partial charge in [-0.2, -0.15) is 0 Å². The molecule has 0 atom stereocenters. The standard InChI is InChI=1S/C13H23NO3.ClH.H2O/c15-13(12-4-2-1-3-5-12)17-11-8-14-6-9-16-10-7-14;;/h12H,1-11H2;1H;1H2. The van der Waals surface area contributed by atoms with Crippen molar-refractivity contribution in [3.05, 3.63) is 0 Å². The molecule has 1 saturated heterocycles. The van der Waals surface area contributed by atoms with Crippen LogP contribution in [0.3, 0.4) is 0 Å². The van der Waals surface area contributed by atoms with E-state index < -0.39 is 0 Å². The van der Waals surface area contributed by atoms with Crippen molar-refractivity contribution in [3.63, 3.8) is 0 Å². The Morgan fingerprint density at radius 2 is 1.79 bits per heavy atom. The fraction of sp³-hybridized carbons (Fsp3) is 0.923. The molecule has 0 radical (unpaired) electrons. The number of esters is 1. The molecule has 1 aliphatic heterocycles. The highest BCUT2D eigenvalue weighted by atomic mass is 35.5. The molecule has 1 aliphatic carbocycles. The number of halogens is 1. The van der Waals surface area contributed by atoms with Crippen LogP contribution in [0.25, 0.3) is 0 Å². The quantitative estimate of drug-likeness (QED) is 0.727. The van der Waals surface area contributed by atoms with E-state index in [0.717, 1.165) is 45.7 Å². The maximum Gasteiger partial charge on any atom is 0.308 e. The normalized spacial score (nSPS) is 21.1. The molecule has 0 unspecified atom stereocenters. The molecule has 114 valence electrons. The topological polar surface area (TPSA) is 70.3 Å². The summed E-state index contributed by atoms with van der Waals surface area (Å²) < 4.78 is 10.6. The van der Waals surface area contributed by atoms with Crippen molar-refractivity contribution in [2.24, 2.45) is 5.92 Å². The highest BCUT2D eigenvalue weighted by Gasteiger charge is 2.22. The third kappa shape index (κ3) is 6.56. The van der Waals surface area contributed by atoms with Gasteiger partial charge < -0.3 is 14.9 Å². The fourth-order valence-corrected chi connectivity index (χ4v) is 2.56. The van der Waals surface area contributed by atoms with Gasteiger partial charge in [0.1, 0.15) is 6.61 Å². The zero-order chi connectivity index (χ0) is 11.9. The van der Waals surface area contributed by atoms with Gasteiger partial charge in [0.15, 0.2) is 0 Å². The summed E-state index contributed by atoms with van der Waals surface area (Å²) in [7, 11) is 0. The second-order valence-corrected chi connectivity index (χ2v) is 4.96. The van der Waals surface area contributed by atoms with Crippen LogP contribution in [-0.2, 0) is 14.3 Å². The van der Waals surface area contributed by atoms with Crippen molar-refractivity contribution >= 4 is 18.4 Å². The van der Waals surface area contributed by atoms with Crippen LogP contribution in [-0.4, -0.2) is 55.8 Å². The van der Waals surface area contributed by atoms with E-state index in [4.69, 9.17) is 9.47 Å². The number of morpholine rings is 1. The first kappa shape index (κ1) is 18.6. The van der Waals surface area contributed by atoms with E-state index in [1.54, 1.807) is 0 Å². The molecule has 0 bridgehead atoms. The molecule has 0 aromatic heterocycles.